The standard InChI is InChI=1S/C20H21N9/c1-7-23-29(8-1)18-5-4-15(16-10-22-26-19(16)18)17-11-21-20(27-25-17)28-9-6-14(12-28)24-13-2-3-13/h1,4-5,7-8,10-11,13-14,24H,2-3,6,9,12H2,(H,22,26). The molecule has 4 heterocycles. The fourth-order valence-corrected chi connectivity index (χ4v) is 4.05. The quantitative estimate of drug-likeness (QED) is 0.540. The average molecular weight is 387 g/mol. The van der Waals surface area contributed by atoms with E-state index in [0.29, 0.717) is 12.0 Å². The smallest absolute Gasteiger partial charge is 0.245 e. The number of nitrogens with zero attached hydrogens (tertiary/aromatic N) is 7. The lowest BCUT2D eigenvalue weighted by molar-refractivity contribution is 0.548. The summed E-state index contributed by atoms with van der Waals surface area (Å²) in [5.41, 5.74) is 3.53. The van der Waals surface area contributed by atoms with Crippen molar-refractivity contribution >= 4 is 16.9 Å². The maximum atomic E-state index is 4.61. The Morgan fingerprint density at radius 3 is 2.83 bits per heavy atom. The predicted octanol–water partition coefficient (Wildman–Crippen LogP) is 1.93. The zero-order chi connectivity index (χ0) is 19.2. The van der Waals surface area contributed by atoms with Crippen molar-refractivity contribution in [3.05, 3.63) is 43.0 Å². The second kappa shape index (κ2) is 6.63. The molecule has 1 unspecified atom stereocenters. The van der Waals surface area contributed by atoms with Crippen molar-refractivity contribution in [1.82, 2.24) is 40.5 Å². The third-order valence-corrected chi connectivity index (χ3v) is 5.69. The van der Waals surface area contributed by atoms with E-state index in [-0.39, 0.29) is 0 Å². The van der Waals surface area contributed by atoms with E-state index in [2.05, 4.69) is 40.7 Å². The zero-order valence-electron chi connectivity index (χ0n) is 15.9. The van der Waals surface area contributed by atoms with Crippen LogP contribution in [0.15, 0.2) is 43.0 Å². The molecule has 1 aliphatic carbocycles. The van der Waals surface area contributed by atoms with Crippen LogP contribution in [-0.4, -0.2) is 60.3 Å². The first-order valence-corrected chi connectivity index (χ1v) is 10.0. The van der Waals surface area contributed by atoms with Gasteiger partial charge in [-0.3, -0.25) is 5.10 Å². The first kappa shape index (κ1) is 16.6. The van der Waals surface area contributed by atoms with E-state index in [0.717, 1.165) is 53.4 Å². The summed E-state index contributed by atoms with van der Waals surface area (Å²) in [6, 6.07) is 7.18. The minimum Gasteiger partial charge on any atom is -0.338 e. The lowest BCUT2D eigenvalue weighted by Crippen LogP contribution is -2.34. The van der Waals surface area contributed by atoms with Gasteiger partial charge in [0.05, 0.1) is 23.6 Å². The summed E-state index contributed by atoms with van der Waals surface area (Å²) in [6.07, 6.45) is 11.0. The number of hydrogen-bond donors (Lipinski definition) is 2. The number of fused-ring (bicyclic) bond motifs is 1. The van der Waals surface area contributed by atoms with Crippen LogP contribution in [0.5, 0.6) is 0 Å². The number of rotatable bonds is 5. The normalized spacial score (nSPS) is 19.3. The Morgan fingerprint density at radius 1 is 1.07 bits per heavy atom. The number of nitrogens with one attached hydrogen (secondary N) is 2. The predicted molar refractivity (Wildman–Crippen MR) is 109 cm³/mol. The molecule has 2 fully saturated rings. The average Bonchev–Trinajstić information content (AvgIpc) is 3.19. The van der Waals surface area contributed by atoms with Gasteiger partial charge in [-0.05, 0) is 37.5 Å². The lowest BCUT2D eigenvalue weighted by atomic mass is 10.1. The number of hydrogen-bond acceptors (Lipinski definition) is 7. The van der Waals surface area contributed by atoms with Crippen LogP contribution >= 0.6 is 0 Å². The number of benzene rings is 1. The molecule has 9 heteroatoms. The molecular formula is C20H21N9. The summed E-state index contributed by atoms with van der Waals surface area (Å²) in [6.45, 7) is 1.91. The van der Waals surface area contributed by atoms with E-state index in [1.807, 2.05) is 35.3 Å². The van der Waals surface area contributed by atoms with E-state index in [1.54, 1.807) is 12.4 Å². The Balaban J connectivity index is 1.27. The van der Waals surface area contributed by atoms with Crippen molar-refractivity contribution < 1.29 is 0 Å². The molecule has 1 saturated carbocycles. The molecule has 1 atom stereocenters. The second-order valence-electron chi connectivity index (χ2n) is 7.76. The van der Waals surface area contributed by atoms with Crippen LogP contribution < -0.4 is 10.2 Å². The molecule has 1 saturated heterocycles. The number of aromatic amines is 1. The molecule has 2 N–H and O–H groups in total. The summed E-state index contributed by atoms with van der Waals surface area (Å²) in [5, 5.41) is 25.2. The summed E-state index contributed by atoms with van der Waals surface area (Å²) < 4.78 is 1.82. The highest BCUT2D eigenvalue weighted by Gasteiger charge is 2.30. The van der Waals surface area contributed by atoms with Crippen LogP contribution in [-0.2, 0) is 0 Å². The molecule has 9 nitrogen and oxygen atoms in total. The third kappa shape index (κ3) is 3.03. The van der Waals surface area contributed by atoms with Crippen LogP contribution in [0.4, 0.5) is 5.95 Å². The summed E-state index contributed by atoms with van der Waals surface area (Å²) in [5.74, 6) is 0.699. The molecular weight excluding hydrogens is 366 g/mol. The molecule has 4 aromatic rings. The van der Waals surface area contributed by atoms with Crippen molar-refractivity contribution in [1.29, 1.82) is 0 Å². The van der Waals surface area contributed by atoms with Crippen molar-refractivity contribution in [2.45, 2.75) is 31.3 Å². The van der Waals surface area contributed by atoms with Gasteiger partial charge in [-0.2, -0.15) is 10.2 Å². The van der Waals surface area contributed by atoms with Gasteiger partial charge in [0.1, 0.15) is 5.69 Å². The van der Waals surface area contributed by atoms with Crippen LogP contribution in [0.1, 0.15) is 19.3 Å². The molecule has 2 aliphatic rings. The first-order valence-electron chi connectivity index (χ1n) is 10.0. The fourth-order valence-electron chi connectivity index (χ4n) is 4.05. The highest BCUT2D eigenvalue weighted by molar-refractivity contribution is 5.97. The minimum atomic E-state index is 0.533. The SMILES string of the molecule is c1cnn(-c2ccc(-c3cnc(N4CCC(NC5CC5)C4)nn3)c3cn[nH]c23)c1. The van der Waals surface area contributed by atoms with Gasteiger partial charge in [0.25, 0.3) is 0 Å². The van der Waals surface area contributed by atoms with Gasteiger partial charge in [0.15, 0.2) is 0 Å². The van der Waals surface area contributed by atoms with E-state index in [9.17, 15) is 0 Å². The van der Waals surface area contributed by atoms with Gasteiger partial charge in [-0.25, -0.2) is 9.67 Å². The monoisotopic (exact) mass is 387 g/mol. The fraction of sp³-hybridized carbons (Fsp3) is 0.350. The third-order valence-electron chi connectivity index (χ3n) is 5.69. The van der Waals surface area contributed by atoms with Crippen molar-refractivity contribution in [3.63, 3.8) is 0 Å². The first-order chi connectivity index (χ1) is 14.3. The van der Waals surface area contributed by atoms with Crippen LogP contribution in [0, 0.1) is 0 Å². The molecule has 3 aromatic heterocycles. The molecule has 0 radical (unpaired) electrons. The van der Waals surface area contributed by atoms with Crippen LogP contribution in [0.25, 0.3) is 27.8 Å². The van der Waals surface area contributed by atoms with Gasteiger partial charge in [0.2, 0.25) is 5.95 Å². The highest BCUT2D eigenvalue weighted by Crippen LogP contribution is 2.30. The van der Waals surface area contributed by atoms with Crippen molar-refractivity contribution in [2.75, 3.05) is 18.0 Å². The molecule has 1 aliphatic heterocycles. The maximum absolute atomic E-state index is 4.61. The largest absolute Gasteiger partial charge is 0.338 e. The molecule has 0 bridgehead atoms. The summed E-state index contributed by atoms with van der Waals surface area (Å²) >= 11 is 0. The highest BCUT2D eigenvalue weighted by atomic mass is 15.3. The lowest BCUT2D eigenvalue weighted by Gasteiger charge is -2.16. The van der Waals surface area contributed by atoms with Crippen LogP contribution in [0.3, 0.4) is 0 Å². The number of aromatic nitrogens is 7. The van der Waals surface area contributed by atoms with Gasteiger partial charge < -0.3 is 10.2 Å². The minimum absolute atomic E-state index is 0.533. The van der Waals surface area contributed by atoms with Gasteiger partial charge in [0, 0.05) is 48.5 Å². The van der Waals surface area contributed by atoms with Crippen LogP contribution in [0.2, 0.25) is 0 Å². The van der Waals surface area contributed by atoms with E-state index >= 15 is 0 Å². The Hall–Kier alpha value is -3.33. The second-order valence-corrected chi connectivity index (χ2v) is 7.76. The molecule has 29 heavy (non-hydrogen) atoms. The zero-order valence-corrected chi connectivity index (χ0v) is 15.9. The topological polar surface area (TPSA) is 100 Å². The number of H-pyrrole nitrogens is 1. The van der Waals surface area contributed by atoms with Gasteiger partial charge in [-0.1, -0.05) is 0 Å². The molecule has 146 valence electrons. The Labute approximate surface area is 167 Å². The number of anilines is 1. The molecule has 0 spiro atoms. The Bertz CT molecular complexity index is 1130. The van der Waals surface area contributed by atoms with E-state index in [4.69, 9.17) is 0 Å². The summed E-state index contributed by atoms with van der Waals surface area (Å²) in [4.78, 5) is 6.82. The van der Waals surface area contributed by atoms with E-state index < -0.39 is 0 Å². The molecule has 1 aromatic carbocycles. The summed E-state index contributed by atoms with van der Waals surface area (Å²) in [7, 11) is 0. The Kier molecular flexibility index (Phi) is 3.80. The van der Waals surface area contributed by atoms with Crippen molar-refractivity contribution in [3.8, 4) is 16.9 Å². The molecule has 6 rings (SSSR count). The maximum Gasteiger partial charge on any atom is 0.245 e. The van der Waals surface area contributed by atoms with Crippen molar-refractivity contribution in [2.24, 2.45) is 0 Å². The Morgan fingerprint density at radius 2 is 2.03 bits per heavy atom. The van der Waals surface area contributed by atoms with E-state index in [1.165, 1.54) is 12.8 Å². The van der Waals surface area contributed by atoms with Gasteiger partial charge >= 0.3 is 0 Å². The molecule has 0 amide bonds. The van der Waals surface area contributed by atoms with Gasteiger partial charge in [-0.15, -0.1) is 10.2 Å².